The molecule has 1 aromatic carbocycles. The molecule has 1 saturated carbocycles. The smallest absolute Gasteiger partial charge is 0.234 e. The van der Waals surface area contributed by atoms with Gasteiger partial charge in [0.2, 0.25) is 11.1 Å². The molecule has 0 radical (unpaired) electrons. The molecule has 1 aliphatic carbocycles. The van der Waals surface area contributed by atoms with E-state index in [1.54, 1.807) is 0 Å². The van der Waals surface area contributed by atoms with Crippen LogP contribution in [0.1, 0.15) is 69.2 Å². The van der Waals surface area contributed by atoms with E-state index in [2.05, 4.69) is 46.2 Å². The summed E-state index contributed by atoms with van der Waals surface area (Å²) >= 11 is 1.42. The second-order valence-electron chi connectivity index (χ2n) is 8.16. The molecule has 158 valence electrons. The minimum atomic E-state index is -0.0430. The van der Waals surface area contributed by atoms with Gasteiger partial charge in [0.05, 0.1) is 5.75 Å². The maximum Gasteiger partial charge on any atom is 0.234 e. The maximum absolute atomic E-state index is 12.5. The van der Waals surface area contributed by atoms with Crippen molar-refractivity contribution in [2.45, 2.75) is 62.9 Å². The van der Waals surface area contributed by atoms with Gasteiger partial charge in [0.25, 0.3) is 0 Å². The molecule has 0 spiro atoms. The van der Waals surface area contributed by atoms with Crippen molar-refractivity contribution in [1.82, 2.24) is 19.5 Å². The first-order valence-electron chi connectivity index (χ1n) is 10.7. The second kappa shape index (κ2) is 9.51. The van der Waals surface area contributed by atoms with Crippen molar-refractivity contribution < 1.29 is 4.79 Å². The lowest BCUT2D eigenvalue weighted by atomic mass is 9.89. The highest BCUT2D eigenvalue weighted by atomic mass is 32.2. The summed E-state index contributed by atoms with van der Waals surface area (Å²) in [4.78, 5) is 12.5. The lowest BCUT2D eigenvalue weighted by Crippen LogP contribution is -2.18. The largest absolute Gasteiger partial charge is 0.325 e. The van der Waals surface area contributed by atoms with Gasteiger partial charge in [0.15, 0.2) is 5.82 Å². The van der Waals surface area contributed by atoms with Crippen LogP contribution in [0, 0.1) is 0 Å². The van der Waals surface area contributed by atoms with Gasteiger partial charge in [-0.15, -0.1) is 10.2 Å². The van der Waals surface area contributed by atoms with E-state index >= 15 is 0 Å². The second-order valence-corrected chi connectivity index (χ2v) is 9.11. The fourth-order valence-corrected chi connectivity index (χ4v) is 4.68. The highest BCUT2D eigenvalue weighted by Gasteiger charge is 2.24. The van der Waals surface area contributed by atoms with Crippen LogP contribution in [0.15, 0.2) is 53.9 Å². The van der Waals surface area contributed by atoms with Crippen LogP contribution in [-0.2, 0) is 4.79 Å². The number of nitrogens with one attached hydrogen (secondary N) is 1. The first kappa shape index (κ1) is 20.7. The first-order chi connectivity index (χ1) is 14.6. The van der Waals surface area contributed by atoms with Gasteiger partial charge in [-0.2, -0.15) is 0 Å². The molecule has 30 heavy (non-hydrogen) atoms. The Hall–Kier alpha value is -2.54. The third-order valence-electron chi connectivity index (χ3n) is 5.62. The fourth-order valence-electron chi connectivity index (χ4n) is 3.94. The summed E-state index contributed by atoms with van der Waals surface area (Å²) in [6.45, 7) is 4.32. The molecule has 1 N–H and O–H groups in total. The lowest BCUT2D eigenvalue weighted by Gasteiger charge is -2.22. The number of anilines is 1. The number of hydrogen-bond donors (Lipinski definition) is 1. The van der Waals surface area contributed by atoms with E-state index in [-0.39, 0.29) is 11.7 Å². The molecule has 0 atom stereocenters. The van der Waals surface area contributed by atoms with E-state index in [0.29, 0.717) is 11.8 Å². The Morgan fingerprint density at radius 1 is 1.10 bits per heavy atom. The van der Waals surface area contributed by atoms with Crippen molar-refractivity contribution >= 4 is 23.4 Å². The van der Waals surface area contributed by atoms with E-state index in [9.17, 15) is 4.79 Å². The van der Waals surface area contributed by atoms with Gasteiger partial charge in [0.1, 0.15) is 0 Å². The van der Waals surface area contributed by atoms with Crippen LogP contribution < -0.4 is 5.32 Å². The number of nitrogens with zero attached hydrogens (tertiary/aromatic N) is 4. The predicted molar refractivity (Wildman–Crippen MR) is 121 cm³/mol. The Morgan fingerprint density at radius 2 is 1.80 bits per heavy atom. The summed E-state index contributed by atoms with van der Waals surface area (Å²) in [6.07, 6.45) is 10.1. The Morgan fingerprint density at radius 3 is 2.47 bits per heavy atom. The standard InChI is InChI=1S/C23H29N5OS/c1-17(2)18-10-12-20(13-11-18)24-21(29)16-30-23-26-25-22(19-8-4-3-5-9-19)28(23)27-14-6-7-15-27/h6-7,10-15,17,19H,3-5,8-9,16H2,1-2H3,(H,24,29). The van der Waals surface area contributed by atoms with Gasteiger partial charge in [-0.1, -0.05) is 57.0 Å². The molecule has 0 aliphatic heterocycles. The Balaban J connectivity index is 1.45. The SMILES string of the molecule is CC(C)c1ccc(NC(=O)CSc2nnc(C3CCCCC3)n2-n2cccc2)cc1. The monoisotopic (exact) mass is 423 g/mol. The average molecular weight is 424 g/mol. The predicted octanol–water partition coefficient (Wildman–Crippen LogP) is 5.29. The van der Waals surface area contributed by atoms with Crippen molar-refractivity contribution in [3.05, 3.63) is 60.2 Å². The van der Waals surface area contributed by atoms with Crippen molar-refractivity contribution in [3.8, 4) is 0 Å². The van der Waals surface area contributed by atoms with E-state index in [0.717, 1.165) is 29.5 Å². The molecule has 1 fully saturated rings. The lowest BCUT2D eigenvalue weighted by molar-refractivity contribution is -0.113. The number of thioether (sulfide) groups is 1. The Bertz CT molecular complexity index is 956. The number of rotatable bonds is 7. The third kappa shape index (κ3) is 4.78. The molecule has 1 amide bonds. The molecular formula is C23H29N5OS. The summed E-state index contributed by atoms with van der Waals surface area (Å²) < 4.78 is 4.07. The zero-order chi connectivity index (χ0) is 20.9. The molecule has 6 nitrogen and oxygen atoms in total. The fraction of sp³-hybridized carbons (Fsp3) is 0.435. The van der Waals surface area contributed by atoms with E-state index < -0.39 is 0 Å². The van der Waals surface area contributed by atoms with Crippen LogP contribution in [0.2, 0.25) is 0 Å². The molecule has 0 bridgehead atoms. The molecule has 0 unspecified atom stereocenters. The van der Waals surface area contributed by atoms with E-state index in [4.69, 9.17) is 0 Å². The van der Waals surface area contributed by atoms with Crippen molar-refractivity contribution in [3.63, 3.8) is 0 Å². The summed E-state index contributed by atoms with van der Waals surface area (Å²) in [5.74, 6) is 2.15. The van der Waals surface area contributed by atoms with Crippen LogP contribution in [0.4, 0.5) is 5.69 Å². The zero-order valence-electron chi connectivity index (χ0n) is 17.6. The summed E-state index contributed by atoms with van der Waals surface area (Å²) in [5, 5.41) is 12.7. The maximum atomic E-state index is 12.5. The average Bonchev–Trinajstić information content (AvgIpc) is 3.43. The van der Waals surface area contributed by atoms with Gasteiger partial charge in [0, 0.05) is 24.0 Å². The topological polar surface area (TPSA) is 64.7 Å². The number of carbonyl (C=O) groups is 1. The zero-order valence-corrected chi connectivity index (χ0v) is 18.4. The molecule has 3 aromatic rings. The van der Waals surface area contributed by atoms with Gasteiger partial charge in [-0.25, -0.2) is 4.68 Å². The van der Waals surface area contributed by atoms with Crippen molar-refractivity contribution in [2.75, 3.05) is 11.1 Å². The van der Waals surface area contributed by atoms with Crippen LogP contribution in [-0.4, -0.2) is 31.2 Å². The van der Waals surface area contributed by atoms with Crippen molar-refractivity contribution in [2.24, 2.45) is 0 Å². The molecule has 7 heteroatoms. The number of benzene rings is 1. The van der Waals surface area contributed by atoms with Crippen LogP contribution in [0.5, 0.6) is 0 Å². The first-order valence-corrected chi connectivity index (χ1v) is 11.7. The van der Waals surface area contributed by atoms with Gasteiger partial charge < -0.3 is 5.32 Å². The highest BCUT2D eigenvalue weighted by Crippen LogP contribution is 2.33. The van der Waals surface area contributed by atoms with Gasteiger partial charge in [-0.3, -0.25) is 9.47 Å². The van der Waals surface area contributed by atoms with E-state index in [1.165, 1.54) is 36.6 Å². The number of hydrogen-bond acceptors (Lipinski definition) is 4. The van der Waals surface area contributed by atoms with Crippen LogP contribution >= 0.6 is 11.8 Å². The minimum Gasteiger partial charge on any atom is -0.325 e. The normalized spacial score (nSPS) is 14.9. The molecule has 2 aromatic heterocycles. The summed E-state index contributed by atoms with van der Waals surface area (Å²) in [7, 11) is 0. The quantitative estimate of drug-likeness (QED) is 0.524. The van der Waals surface area contributed by atoms with E-state index in [1.807, 2.05) is 41.3 Å². The molecule has 4 rings (SSSR count). The number of amides is 1. The van der Waals surface area contributed by atoms with Crippen LogP contribution in [0.25, 0.3) is 0 Å². The Kier molecular flexibility index (Phi) is 6.57. The Labute approximate surface area is 182 Å². The van der Waals surface area contributed by atoms with Crippen molar-refractivity contribution in [1.29, 1.82) is 0 Å². The third-order valence-corrected chi connectivity index (χ3v) is 6.54. The number of carbonyl (C=O) groups excluding carboxylic acids is 1. The van der Waals surface area contributed by atoms with Gasteiger partial charge >= 0.3 is 0 Å². The van der Waals surface area contributed by atoms with Gasteiger partial charge in [-0.05, 0) is 48.6 Å². The summed E-state index contributed by atoms with van der Waals surface area (Å²) in [5.41, 5.74) is 2.08. The summed E-state index contributed by atoms with van der Waals surface area (Å²) in [6, 6.07) is 12.0. The molecule has 1 aliphatic rings. The van der Waals surface area contributed by atoms with Crippen LogP contribution in [0.3, 0.4) is 0 Å². The minimum absolute atomic E-state index is 0.0430. The molecule has 2 heterocycles. The number of aromatic nitrogens is 4. The molecule has 0 saturated heterocycles. The molecular weight excluding hydrogens is 394 g/mol. The highest BCUT2D eigenvalue weighted by molar-refractivity contribution is 7.99.